The highest BCUT2D eigenvalue weighted by atomic mass is 127. The summed E-state index contributed by atoms with van der Waals surface area (Å²) in [5.74, 6) is 0. The van der Waals surface area contributed by atoms with Crippen LogP contribution in [0.1, 0.15) is 91.9 Å². The average Bonchev–Trinajstić information content (AvgIpc) is 2.40. The quantitative estimate of drug-likeness (QED) is 0.229. The zero-order valence-electron chi connectivity index (χ0n) is 14.7. The Kier molecular flexibility index (Phi) is 19.4. The van der Waals surface area contributed by atoms with Gasteiger partial charge in [-0.1, -0.05) is 66.2 Å². The Morgan fingerprint density at radius 3 is 1.05 bits per heavy atom. The summed E-state index contributed by atoms with van der Waals surface area (Å²) in [6.07, 6.45) is 21.0. The molecule has 0 saturated heterocycles. The molecular formula is C18H40IP. The van der Waals surface area contributed by atoms with Gasteiger partial charge in [-0.2, -0.15) is 0 Å². The molecule has 20 heavy (non-hydrogen) atoms. The van der Waals surface area contributed by atoms with E-state index in [-0.39, 0.29) is 24.0 Å². The monoisotopic (exact) mass is 414 g/mol. The maximum Gasteiger partial charge on any atom is 0.0594 e. The van der Waals surface area contributed by atoms with Gasteiger partial charge < -0.3 is 24.0 Å². The van der Waals surface area contributed by atoms with Gasteiger partial charge >= 0.3 is 0 Å². The van der Waals surface area contributed by atoms with E-state index < -0.39 is 7.26 Å². The van der Waals surface area contributed by atoms with Crippen LogP contribution < -0.4 is 24.0 Å². The summed E-state index contributed by atoms with van der Waals surface area (Å²) >= 11 is 0. The third-order valence-corrected chi connectivity index (χ3v) is 9.60. The van der Waals surface area contributed by atoms with Crippen LogP contribution in [0.2, 0.25) is 0 Å². The predicted octanol–water partition coefficient (Wildman–Crippen LogP) is 3.99. The lowest BCUT2D eigenvalue weighted by molar-refractivity contribution is -0.00000449. The fourth-order valence-electron chi connectivity index (χ4n) is 3.24. The molecular weight excluding hydrogens is 374 g/mol. The molecule has 0 bridgehead atoms. The number of halogens is 1. The molecule has 0 aliphatic heterocycles. The van der Waals surface area contributed by atoms with Crippen LogP contribution in [-0.2, 0) is 0 Å². The molecule has 0 fully saturated rings. The SMILES string of the molecule is CCCCC[P+](CCC)(CCCCC)CCCCC.[I-]. The molecule has 2 heteroatoms. The van der Waals surface area contributed by atoms with Crippen molar-refractivity contribution in [3.8, 4) is 0 Å². The molecule has 0 atom stereocenters. The first-order valence-corrected chi connectivity index (χ1v) is 11.6. The van der Waals surface area contributed by atoms with Crippen LogP contribution in [0.4, 0.5) is 0 Å². The molecule has 0 rings (SSSR count). The molecule has 0 N–H and O–H groups in total. The van der Waals surface area contributed by atoms with Crippen LogP contribution >= 0.6 is 7.26 Å². The highest BCUT2D eigenvalue weighted by Crippen LogP contribution is 2.61. The van der Waals surface area contributed by atoms with Crippen molar-refractivity contribution in [1.29, 1.82) is 0 Å². The van der Waals surface area contributed by atoms with E-state index in [0.717, 1.165) is 0 Å². The average molecular weight is 414 g/mol. The fourth-order valence-corrected chi connectivity index (χ4v) is 8.21. The first kappa shape index (κ1) is 23.4. The number of hydrogen-bond acceptors (Lipinski definition) is 0. The summed E-state index contributed by atoms with van der Waals surface area (Å²) in [5, 5.41) is 0. The van der Waals surface area contributed by atoms with Crippen molar-refractivity contribution in [2.45, 2.75) is 91.9 Å². The Bertz CT molecular complexity index is 156. The maximum atomic E-state index is 2.41. The minimum Gasteiger partial charge on any atom is -1.00 e. The van der Waals surface area contributed by atoms with Gasteiger partial charge in [0.05, 0.1) is 24.6 Å². The molecule has 0 aromatic rings. The van der Waals surface area contributed by atoms with Crippen molar-refractivity contribution in [1.82, 2.24) is 0 Å². The van der Waals surface area contributed by atoms with E-state index in [1.807, 2.05) is 0 Å². The first-order valence-electron chi connectivity index (χ1n) is 9.09. The van der Waals surface area contributed by atoms with Gasteiger partial charge in [0.1, 0.15) is 0 Å². The second-order valence-electron chi connectivity index (χ2n) is 6.36. The van der Waals surface area contributed by atoms with E-state index in [1.54, 1.807) is 24.6 Å². The zero-order valence-corrected chi connectivity index (χ0v) is 17.8. The van der Waals surface area contributed by atoms with E-state index in [1.165, 1.54) is 64.2 Å². The fraction of sp³-hybridized carbons (Fsp3) is 1.00. The Balaban J connectivity index is 0. The van der Waals surface area contributed by atoms with E-state index >= 15 is 0 Å². The normalized spacial score (nSPS) is 11.4. The zero-order chi connectivity index (χ0) is 14.4. The van der Waals surface area contributed by atoms with Crippen molar-refractivity contribution in [2.75, 3.05) is 24.6 Å². The molecule has 0 aliphatic rings. The second kappa shape index (κ2) is 16.5. The molecule has 0 heterocycles. The summed E-state index contributed by atoms with van der Waals surface area (Å²) < 4.78 is 0. The van der Waals surface area contributed by atoms with Crippen LogP contribution in [0.3, 0.4) is 0 Å². The van der Waals surface area contributed by atoms with Crippen LogP contribution in [0.5, 0.6) is 0 Å². The minimum atomic E-state index is -0.585. The molecule has 124 valence electrons. The van der Waals surface area contributed by atoms with Crippen LogP contribution in [0, 0.1) is 0 Å². The maximum absolute atomic E-state index is 2.41. The van der Waals surface area contributed by atoms with Crippen molar-refractivity contribution >= 4 is 7.26 Å². The third kappa shape index (κ3) is 11.8. The number of rotatable bonds is 14. The molecule has 0 amide bonds. The van der Waals surface area contributed by atoms with Gasteiger partial charge in [0.2, 0.25) is 0 Å². The van der Waals surface area contributed by atoms with Crippen LogP contribution in [-0.4, -0.2) is 24.6 Å². The molecule has 0 aliphatic carbocycles. The summed E-state index contributed by atoms with van der Waals surface area (Å²) in [5.41, 5.74) is 0. The second-order valence-corrected chi connectivity index (χ2v) is 10.8. The molecule has 0 aromatic heterocycles. The molecule has 0 spiro atoms. The van der Waals surface area contributed by atoms with Crippen molar-refractivity contribution in [2.24, 2.45) is 0 Å². The van der Waals surface area contributed by atoms with Gasteiger partial charge in [-0.25, -0.2) is 0 Å². The number of unbranched alkanes of at least 4 members (excludes halogenated alkanes) is 6. The Hall–Kier alpha value is 1.16. The Morgan fingerprint density at radius 1 is 0.450 bits per heavy atom. The number of hydrogen-bond donors (Lipinski definition) is 0. The van der Waals surface area contributed by atoms with Crippen LogP contribution in [0.15, 0.2) is 0 Å². The largest absolute Gasteiger partial charge is 1.00 e. The highest BCUT2D eigenvalue weighted by molar-refractivity contribution is 7.75. The smallest absolute Gasteiger partial charge is 0.0594 e. The topological polar surface area (TPSA) is 0 Å². The van der Waals surface area contributed by atoms with Gasteiger partial charge in [-0.05, 0) is 25.7 Å². The first-order chi connectivity index (χ1) is 9.24. The molecule has 0 aromatic carbocycles. The third-order valence-electron chi connectivity index (χ3n) is 4.41. The lowest BCUT2D eigenvalue weighted by Gasteiger charge is -2.28. The minimum absolute atomic E-state index is 0. The van der Waals surface area contributed by atoms with E-state index in [9.17, 15) is 0 Å². The van der Waals surface area contributed by atoms with Crippen molar-refractivity contribution in [3.05, 3.63) is 0 Å². The van der Waals surface area contributed by atoms with Gasteiger partial charge in [-0.15, -0.1) is 0 Å². The lowest BCUT2D eigenvalue weighted by Crippen LogP contribution is -3.00. The lowest BCUT2D eigenvalue weighted by atomic mass is 10.3. The van der Waals surface area contributed by atoms with Gasteiger partial charge in [0.15, 0.2) is 0 Å². The van der Waals surface area contributed by atoms with Gasteiger partial charge in [0.25, 0.3) is 0 Å². The molecule has 0 saturated carbocycles. The Morgan fingerprint density at radius 2 is 0.800 bits per heavy atom. The summed E-state index contributed by atoms with van der Waals surface area (Å²) in [7, 11) is -0.585. The predicted molar refractivity (Wildman–Crippen MR) is 95.3 cm³/mol. The van der Waals surface area contributed by atoms with E-state index in [2.05, 4.69) is 27.7 Å². The highest BCUT2D eigenvalue weighted by Gasteiger charge is 2.34. The van der Waals surface area contributed by atoms with Crippen molar-refractivity contribution < 1.29 is 24.0 Å². The van der Waals surface area contributed by atoms with E-state index in [4.69, 9.17) is 0 Å². The van der Waals surface area contributed by atoms with Crippen LogP contribution in [0.25, 0.3) is 0 Å². The summed E-state index contributed by atoms with van der Waals surface area (Å²) in [6, 6.07) is 0. The van der Waals surface area contributed by atoms with Crippen molar-refractivity contribution in [3.63, 3.8) is 0 Å². The molecule has 0 nitrogen and oxygen atoms in total. The Labute approximate surface area is 147 Å². The van der Waals surface area contributed by atoms with E-state index in [0.29, 0.717) is 0 Å². The summed E-state index contributed by atoms with van der Waals surface area (Å²) in [6.45, 7) is 9.44. The molecule has 0 radical (unpaired) electrons. The van der Waals surface area contributed by atoms with Gasteiger partial charge in [0, 0.05) is 7.26 Å². The molecule has 0 unspecified atom stereocenters. The standard InChI is InChI=1S/C18H40P.HI/c1-5-9-12-16-19(15-8-4,17-13-10-6-2)18-14-11-7-3;/h5-18H2,1-4H3;1H/q+1;/p-1. The summed E-state index contributed by atoms with van der Waals surface area (Å²) in [4.78, 5) is 0. The van der Waals surface area contributed by atoms with Gasteiger partial charge in [-0.3, -0.25) is 0 Å².